The number of esters is 1. The van der Waals surface area contributed by atoms with E-state index in [-0.39, 0.29) is 5.97 Å². The minimum atomic E-state index is -2.40. The number of fused-ring (bicyclic) bond motifs is 1. The summed E-state index contributed by atoms with van der Waals surface area (Å²) in [6.07, 6.45) is 0. The van der Waals surface area contributed by atoms with E-state index in [9.17, 15) is 4.79 Å². The molecular weight excluding hydrogens is 403 g/mol. The molecule has 1 atom stereocenters. The fourth-order valence-corrected chi connectivity index (χ4v) is 9.02. The predicted octanol–water partition coefficient (Wildman–Crippen LogP) is 4.86. The van der Waals surface area contributed by atoms with Crippen LogP contribution in [-0.2, 0) is 4.74 Å². The molecule has 0 aromatic heterocycles. The average Bonchev–Trinajstić information content (AvgIpc) is 3.19. The van der Waals surface area contributed by atoms with E-state index in [4.69, 9.17) is 9.47 Å². The highest BCUT2D eigenvalue weighted by Gasteiger charge is 2.59. The summed E-state index contributed by atoms with van der Waals surface area (Å²) in [6.45, 7) is 0. The monoisotopic (exact) mass is 425 g/mol. The number of benzene rings is 4. The van der Waals surface area contributed by atoms with Crippen LogP contribution in [0.15, 0.2) is 109 Å². The predicted molar refractivity (Wildman–Crippen MR) is 126 cm³/mol. The Labute approximate surface area is 182 Å². The van der Waals surface area contributed by atoms with Crippen molar-refractivity contribution in [3.8, 4) is 5.75 Å². The number of cyclic esters (lactones) is 1. The molecule has 1 unspecified atom stereocenters. The maximum absolute atomic E-state index is 13.1. The van der Waals surface area contributed by atoms with E-state index in [0.29, 0.717) is 11.3 Å². The summed E-state index contributed by atoms with van der Waals surface area (Å²) in [5, 5.41) is 3.50. The van der Waals surface area contributed by atoms with Gasteiger partial charge in [-0.05, 0) is 42.5 Å². The van der Waals surface area contributed by atoms with E-state index in [1.54, 1.807) is 7.11 Å². The van der Waals surface area contributed by atoms with Crippen molar-refractivity contribution in [3.63, 3.8) is 0 Å². The number of ether oxygens (including phenoxy) is 2. The number of methoxy groups -OCH3 is 1. The van der Waals surface area contributed by atoms with Crippen LogP contribution in [0.4, 0.5) is 0 Å². The lowest BCUT2D eigenvalue weighted by atomic mass is 10.1. The standard InChI is InChI=1S/C27H22O3P/c1-29-24-19-11-18-23-25(24)26(28)30-27(23)31(20-12-5-2-6-13-20,21-14-7-3-8-15-21)22-16-9-4-10-17-22/h2-19,27H,1H3/q+1. The smallest absolute Gasteiger partial charge is 0.345 e. The molecule has 1 aliphatic heterocycles. The molecule has 0 bridgehead atoms. The molecule has 1 heterocycles. The number of rotatable bonds is 5. The number of carbonyl (C=O) groups is 1. The van der Waals surface area contributed by atoms with Crippen molar-refractivity contribution in [3.05, 3.63) is 120 Å². The van der Waals surface area contributed by atoms with Gasteiger partial charge in [-0.15, -0.1) is 0 Å². The molecule has 4 aromatic carbocycles. The van der Waals surface area contributed by atoms with Crippen LogP contribution in [-0.4, -0.2) is 13.1 Å². The Bertz CT molecular complexity index is 1110. The van der Waals surface area contributed by atoms with Crippen molar-refractivity contribution >= 4 is 29.1 Å². The lowest BCUT2D eigenvalue weighted by Gasteiger charge is -2.31. The molecule has 0 aliphatic carbocycles. The lowest BCUT2D eigenvalue weighted by molar-refractivity contribution is 0.0512. The van der Waals surface area contributed by atoms with Gasteiger partial charge < -0.3 is 9.47 Å². The van der Waals surface area contributed by atoms with Gasteiger partial charge in [0, 0.05) is 0 Å². The van der Waals surface area contributed by atoms with Crippen LogP contribution < -0.4 is 20.7 Å². The molecule has 0 amide bonds. The van der Waals surface area contributed by atoms with Crippen LogP contribution in [0.2, 0.25) is 0 Å². The Kier molecular flexibility index (Phi) is 5.05. The first-order valence-electron chi connectivity index (χ1n) is 10.2. The van der Waals surface area contributed by atoms with Crippen LogP contribution >= 0.6 is 7.26 Å². The topological polar surface area (TPSA) is 35.5 Å². The Morgan fingerprint density at radius 2 is 1.16 bits per heavy atom. The zero-order valence-corrected chi connectivity index (χ0v) is 18.0. The fourth-order valence-electron chi connectivity index (χ4n) is 4.50. The summed E-state index contributed by atoms with van der Waals surface area (Å²) in [5.41, 5.74) is 1.41. The van der Waals surface area contributed by atoms with Gasteiger partial charge >= 0.3 is 5.97 Å². The van der Waals surface area contributed by atoms with Gasteiger partial charge in [0.15, 0.2) is 7.26 Å². The maximum Gasteiger partial charge on any atom is 0.345 e. The van der Waals surface area contributed by atoms with Crippen LogP contribution in [0.5, 0.6) is 5.75 Å². The van der Waals surface area contributed by atoms with Crippen molar-refractivity contribution in [2.24, 2.45) is 0 Å². The molecule has 1 aliphatic rings. The van der Waals surface area contributed by atoms with Gasteiger partial charge in [-0.1, -0.05) is 66.7 Å². The molecule has 0 spiro atoms. The lowest BCUT2D eigenvalue weighted by Crippen LogP contribution is -2.35. The summed E-state index contributed by atoms with van der Waals surface area (Å²) in [5.74, 6) is -0.209. The van der Waals surface area contributed by atoms with Crippen LogP contribution in [0.1, 0.15) is 21.8 Å². The van der Waals surface area contributed by atoms with Gasteiger partial charge in [-0.25, -0.2) is 4.79 Å². The molecule has 4 aromatic rings. The molecule has 0 saturated carbocycles. The van der Waals surface area contributed by atoms with Crippen LogP contribution in [0, 0.1) is 0 Å². The van der Waals surface area contributed by atoms with Crippen LogP contribution in [0.3, 0.4) is 0 Å². The number of carbonyl (C=O) groups excluding carboxylic acids is 1. The molecule has 0 saturated heterocycles. The molecule has 0 N–H and O–H groups in total. The SMILES string of the molecule is COc1cccc2c1C(=O)OC2[P+](c1ccccc1)(c1ccccc1)c1ccccc1. The second kappa shape index (κ2) is 8.02. The van der Waals surface area contributed by atoms with Gasteiger partial charge in [0.25, 0.3) is 0 Å². The summed E-state index contributed by atoms with van der Waals surface area (Å²) in [7, 11) is -0.812. The Hall–Kier alpha value is -3.42. The third-order valence-corrected chi connectivity index (χ3v) is 10.2. The van der Waals surface area contributed by atoms with E-state index >= 15 is 0 Å². The molecule has 0 radical (unpaired) electrons. The number of hydrogen-bond donors (Lipinski definition) is 0. The van der Waals surface area contributed by atoms with Gasteiger partial charge in [-0.2, -0.15) is 0 Å². The van der Waals surface area contributed by atoms with E-state index in [1.165, 1.54) is 15.9 Å². The second-order valence-corrected chi connectivity index (χ2v) is 10.9. The third kappa shape index (κ3) is 3.05. The summed E-state index contributed by atoms with van der Waals surface area (Å²) < 4.78 is 11.8. The maximum atomic E-state index is 13.1. The third-order valence-electron chi connectivity index (χ3n) is 5.81. The first-order chi connectivity index (χ1) is 15.3. The fraction of sp³-hybridized carbons (Fsp3) is 0.0741. The van der Waals surface area contributed by atoms with Crippen molar-refractivity contribution in [1.29, 1.82) is 0 Å². The van der Waals surface area contributed by atoms with E-state index in [2.05, 4.69) is 72.8 Å². The van der Waals surface area contributed by atoms with Crippen molar-refractivity contribution in [2.45, 2.75) is 5.85 Å². The first-order valence-corrected chi connectivity index (χ1v) is 12.1. The highest BCUT2D eigenvalue weighted by molar-refractivity contribution is 7.95. The normalized spacial score (nSPS) is 15.3. The Morgan fingerprint density at radius 1 is 0.677 bits per heavy atom. The first kappa shape index (κ1) is 19.5. The zero-order chi connectivity index (χ0) is 21.3. The highest BCUT2D eigenvalue weighted by atomic mass is 31.2. The summed E-state index contributed by atoms with van der Waals surface area (Å²) >= 11 is 0. The van der Waals surface area contributed by atoms with Crippen molar-refractivity contribution < 1.29 is 14.3 Å². The molecule has 3 nitrogen and oxygen atoms in total. The van der Waals surface area contributed by atoms with Crippen molar-refractivity contribution in [2.75, 3.05) is 7.11 Å². The second-order valence-electron chi connectivity index (χ2n) is 7.41. The zero-order valence-electron chi connectivity index (χ0n) is 17.1. The Morgan fingerprint density at radius 3 is 1.61 bits per heavy atom. The largest absolute Gasteiger partial charge is 0.496 e. The molecule has 152 valence electrons. The van der Waals surface area contributed by atoms with Gasteiger partial charge in [0.1, 0.15) is 27.2 Å². The minimum absolute atomic E-state index is 0.329. The number of hydrogen-bond acceptors (Lipinski definition) is 3. The van der Waals surface area contributed by atoms with E-state index in [1.807, 2.05) is 36.4 Å². The van der Waals surface area contributed by atoms with Gasteiger partial charge in [-0.3, -0.25) is 0 Å². The summed E-state index contributed by atoms with van der Waals surface area (Å²) in [6, 6.07) is 37.0. The van der Waals surface area contributed by atoms with E-state index in [0.717, 1.165) is 5.56 Å². The Balaban J connectivity index is 1.88. The minimum Gasteiger partial charge on any atom is -0.496 e. The summed E-state index contributed by atoms with van der Waals surface area (Å²) in [4.78, 5) is 13.1. The molecule has 31 heavy (non-hydrogen) atoms. The van der Waals surface area contributed by atoms with Crippen LogP contribution in [0.25, 0.3) is 0 Å². The molecule has 0 fully saturated rings. The molecular formula is C27H22O3P+. The van der Waals surface area contributed by atoms with Gasteiger partial charge in [0.05, 0.1) is 12.7 Å². The van der Waals surface area contributed by atoms with E-state index < -0.39 is 13.1 Å². The van der Waals surface area contributed by atoms with Crippen molar-refractivity contribution in [1.82, 2.24) is 0 Å². The molecule has 5 rings (SSSR count). The quantitative estimate of drug-likeness (QED) is 0.339. The molecule has 4 heteroatoms. The van der Waals surface area contributed by atoms with Gasteiger partial charge in [0.2, 0.25) is 5.85 Å². The highest BCUT2D eigenvalue weighted by Crippen LogP contribution is 2.69. The average molecular weight is 425 g/mol.